The Bertz CT molecular complexity index is 875. The van der Waals surface area contributed by atoms with Crippen molar-refractivity contribution in [2.24, 2.45) is 0 Å². The van der Waals surface area contributed by atoms with Gasteiger partial charge >= 0.3 is 5.97 Å². The molecule has 0 bridgehead atoms. The van der Waals surface area contributed by atoms with E-state index in [1.165, 1.54) is 6.42 Å². The molecule has 0 unspecified atom stereocenters. The van der Waals surface area contributed by atoms with Gasteiger partial charge in [0.15, 0.2) is 0 Å². The monoisotopic (exact) mass is 365 g/mol. The van der Waals surface area contributed by atoms with Crippen molar-refractivity contribution in [3.8, 4) is 0 Å². The molecule has 140 valence electrons. The van der Waals surface area contributed by atoms with Crippen molar-refractivity contribution in [3.63, 3.8) is 0 Å². The molecule has 0 saturated carbocycles. The number of rotatable bonds is 3. The van der Waals surface area contributed by atoms with Crippen LogP contribution in [0.25, 0.3) is 0 Å². The fourth-order valence-electron chi connectivity index (χ4n) is 3.98. The molecule has 1 N–H and O–H groups in total. The average molecular weight is 365 g/mol. The molecule has 1 aromatic carbocycles. The molecular formula is C21H23N3O3. The summed E-state index contributed by atoms with van der Waals surface area (Å²) in [6.07, 6.45) is 6.68. The van der Waals surface area contributed by atoms with Crippen LogP contribution in [0.4, 0.5) is 11.5 Å². The molecule has 2 aliphatic rings. The SMILES string of the molecule is O=C(O)c1ccccc1N1CCCc2cc(C(=O)N3CCCCC3)cnc21. The van der Waals surface area contributed by atoms with Crippen LogP contribution in [0.2, 0.25) is 0 Å². The van der Waals surface area contributed by atoms with Crippen LogP contribution in [-0.4, -0.2) is 46.5 Å². The number of aromatic carboxylic acids is 1. The number of nitrogens with zero attached hydrogens (tertiary/aromatic N) is 3. The van der Waals surface area contributed by atoms with E-state index in [1.54, 1.807) is 18.3 Å². The zero-order valence-corrected chi connectivity index (χ0v) is 15.2. The van der Waals surface area contributed by atoms with Gasteiger partial charge in [-0.05, 0) is 55.9 Å². The van der Waals surface area contributed by atoms with Crippen LogP contribution in [0.3, 0.4) is 0 Å². The highest BCUT2D eigenvalue weighted by Crippen LogP contribution is 2.34. The van der Waals surface area contributed by atoms with Crippen LogP contribution in [0, 0.1) is 0 Å². The number of aryl methyl sites for hydroxylation is 1. The molecule has 1 saturated heterocycles. The molecule has 1 fully saturated rings. The first-order chi connectivity index (χ1) is 13.1. The van der Waals surface area contributed by atoms with Gasteiger partial charge in [0.2, 0.25) is 0 Å². The quantitative estimate of drug-likeness (QED) is 0.901. The van der Waals surface area contributed by atoms with Crippen LogP contribution in [0.1, 0.15) is 52.0 Å². The third-order valence-corrected chi connectivity index (χ3v) is 5.34. The molecule has 27 heavy (non-hydrogen) atoms. The molecule has 2 aliphatic heterocycles. The standard InChI is InChI=1S/C21H23N3O3/c25-20(23-10-4-1-5-11-23)16-13-15-7-6-12-24(19(15)22-14-16)18-9-3-2-8-17(18)21(26)27/h2-3,8-9,13-14H,1,4-7,10-12H2,(H,26,27). The second kappa shape index (κ2) is 7.39. The number of carbonyl (C=O) groups is 2. The number of likely N-dealkylation sites (tertiary alicyclic amines) is 1. The Labute approximate surface area is 158 Å². The van der Waals surface area contributed by atoms with E-state index in [2.05, 4.69) is 4.98 Å². The zero-order chi connectivity index (χ0) is 18.8. The second-order valence-corrected chi connectivity index (χ2v) is 7.14. The summed E-state index contributed by atoms with van der Waals surface area (Å²) in [6, 6.07) is 8.93. The van der Waals surface area contributed by atoms with Crippen LogP contribution in [-0.2, 0) is 6.42 Å². The number of hydrogen-bond donors (Lipinski definition) is 1. The second-order valence-electron chi connectivity index (χ2n) is 7.14. The summed E-state index contributed by atoms with van der Waals surface area (Å²) in [7, 11) is 0. The molecule has 6 heteroatoms. The number of piperidine rings is 1. The summed E-state index contributed by atoms with van der Waals surface area (Å²) in [5.74, 6) is -0.146. The molecule has 0 radical (unpaired) electrons. The van der Waals surface area contributed by atoms with Crippen molar-refractivity contribution >= 4 is 23.4 Å². The molecule has 4 rings (SSSR count). The molecule has 1 aromatic heterocycles. The molecular weight excluding hydrogens is 342 g/mol. The van der Waals surface area contributed by atoms with Crippen molar-refractivity contribution in [2.75, 3.05) is 24.5 Å². The van der Waals surface area contributed by atoms with Crippen molar-refractivity contribution in [3.05, 3.63) is 53.2 Å². The predicted molar refractivity (Wildman–Crippen MR) is 103 cm³/mol. The minimum atomic E-state index is -0.949. The average Bonchev–Trinajstić information content (AvgIpc) is 2.73. The summed E-state index contributed by atoms with van der Waals surface area (Å²) >= 11 is 0. The van der Waals surface area contributed by atoms with Crippen molar-refractivity contribution in [1.29, 1.82) is 0 Å². The number of carboxylic acid groups (broad SMARTS) is 1. The van der Waals surface area contributed by atoms with Gasteiger partial charge in [0.25, 0.3) is 5.91 Å². The van der Waals surface area contributed by atoms with Crippen molar-refractivity contribution in [1.82, 2.24) is 9.88 Å². The van der Waals surface area contributed by atoms with Crippen LogP contribution < -0.4 is 4.90 Å². The lowest BCUT2D eigenvalue weighted by atomic mass is 10.0. The summed E-state index contributed by atoms with van der Waals surface area (Å²) < 4.78 is 0. The van der Waals surface area contributed by atoms with Crippen LogP contribution in [0.5, 0.6) is 0 Å². The lowest BCUT2D eigenvalue weighted by Gasteiger charge is -2.32. The van der Waals surface area contributed by atoms with Gasteiger partial charge in [-0.25, -0.2) is 9.78 Å². The Hall–Kier alpha value is -2.89. The van der Waals surface area contributed by atoms with Gasteiger partial charge in [-0.1, -0.05) is 12.1 Å². The maximum Gasteiger partial charge on any atom is 0.337 e. The Morgan fingerprint density at radius 1 is 1.00 bits per heavy atom. The van der Waals surface area contributed by atoms with E-state index < -0.39 is 5.97 Å². The fraction of sp³-hybridized carbons (Fsp3) is 0.381. The van der Waals surface area contributed by atoms with Gasteiger partial charge in [-0.15, -0.1) is 0 Å². The van der Waals surface area contributed by atoms with Gasteiger partial charge < -0.3 is 14.9 Å². The molecule has 3 heterocycles. The predicted octanol–water partition coefficient (Wildman–Crippen LogP) is 3.49. The van der Waals surface area contributed by atoms with E-state index in [0.717, 1.165) is 50.2 Å². The number of benzene rings is 1. The first-order valence-electron chi connectivity index (χ1n) is 9.53. The molecule has 2 aromatic rings. The Morgan fingerprint density at radius 3 is 2.56 bits per heavy atom. The number of aromatic nitrogens is 1. The van der Waals surface area contributed by atoms with Crippen LogP contribution in [0.15, 0.2) is 36.5 Å². The Morgan fingerprint density at radius 2 is 1.78 bits per heavy atom. The fourth-order valence-corrected chi connectivity index (χ4v) is 3.98. The highest BCUT2D eigenvalue weighted by molar-refractivity contribution is 5.96. The summed E-state index contributed by atoms with van der Waals surface area (Å²) in [5, 5.41) is 9.51. The number of amides is 1. The lowest BCUT2D eigenvalue weighted by Crippen LogP contribution is -2.36. The van der Waals surface area contributed by atoms with Crippen LogP contribution >= 0.6 is 0 Å². The first-order valence-corrected chi connectivity index (χ1v) is 9.53. The summed E-state index contributed by atoms with van der Waals surface area (Å²) in [6.45, 7) is 2.34. The normalized spacial score (nSPS) is 16.7. The minimum absolute atomic E-state index is 0.0491. The molecule has 0 aliphatic carbocycles. The third-order valence-electron chi connectivity index (χ3n) is 5.34. The topological polar surface area (TPSA) is 73.7 Å². The molecule has 6 nitrogen and oxygen atoms in total. The number of fused-ring (bicyclic) bond motifs is 1. The Balaban J connectivity index is 1.66. The van der Waals surface area contributed by atoms with E-state index in [0.29, 0.717) is 17.8 Å². The number of pyridine rings is 1. The largest absolute Gasteiger partial charge is 0.478 e. The molecule has 1 amide bonds. The molecule has 0 atom stereocenters. The van der Waals surface area contributed by atoms with E-state index in [4.69, 9.17) is 0 Å². The van der Waals surface area contributed by atoms with Crippen molar-refractivity contribution in [2.45, 2.75) is 32.1 Å². The number of para-hydroxylation sites is 1. The van der Waals surface area contributed by atoms with E-state index in [-0.39, 0.29) is 11.5 Å². The maximum atomic E-state index is 12.8. The Kier molecular flexibility index (Phi) is 4.79. The first kappa shape index (κ1) is 17.5. The molecule has 0 spiro atoms. The van der Waals surface area contributed by atoms with Gasteiger partial charge in [-0.3, -0.25) is 4.79 Å². The van der Waals surface area contributed by atoms with E-state index in [1.807, 2.05) is 28.0 Å². The van der Waals surface area contributed by atoms with Gasteiger partial charge in [-0.2, -0.15) is 0 Å². The zero-order valence-electron chi connectivity index (χ0n) is 15.2. The number of hydrogen-bond acceptors (Lipinski definition) is 4. The minimum Gasteiger partial charge on any atom is -0.478 e. The highest BCUT2D eigenvalue weighted by Gasteiger charge is 2.26. The smallest absolute Gasteiger partial charge is 0.337 e. The van der Waals surface area contributed by atoms with Gasteiger partial charge in [0, 0.05) is 25.8 Å². The summed E-state index contributed by atoms with van der Waals surface area (Å²) in [4.78, 5) is 32.8. The van der Waals surface area contributed by atoms with Crippen molar-refractivity contribution < 1.29 is 14.7 Å². The van der Waals surface area contributed by atoms with E-state index in [9.17, 15) is 14.7 Å². The van der Waals surface area contributed by atoms with Gasteiger partial charge in [0.1, 0.15) is 5.82 Å². The lowest BCUT2D eigenvalue weighted by molar-refractivity contribution is 0.0695. The van der Waals surface area contributed by atoms with E-state index >= 15 is 0 Å². The number of carboxylic acids is 1. The van der Waals surface area contributed by atoms with Gasteiger partial charge in [0.05, 0.1) is 16.8 Å². The third kappa shape index (κ3) is 3.39. The maximum absolute atomic E-state index is 12.8. The number of anilines is 2. The summed E-state index contributed by atoms with van der Waals surface area (Å²) in [5.41, 5.74) is 2.54. The number of carbonyl (C=O) groups excluding carboxylic acids is 1. The highest BCUT2D eigenvalue weighted by atomic mass is 16.4.